The fourth-order valence-corrected chi connectivity index (χ4v) is 2.38. The summed E-state index contributed by atoms with van der Waals surface area (Å²) in [6.07, 6.45) is 0. The Balaban J connectivity index is 2.33. The first-order valence-corrected chi connectivity index (χ1v) is 6.28. The van der Waals surface area contributed by atoms with Gasteiger partial charge in [0.2, 0.25) is 0 Å². The molecule has 102 valence electrons. The highest BCUT2D eigenvalue weighted by Crippen LogP contribution is 2.31. The number of benzene rings is 2. The number of phenols is 2. The van der Waals surface area contributed by atoms with Gasteiger partial charge < -0.3 is 14.8 Å². The molecule has 0 bridgehead atoms. The van der Waals surface area contributed by atoms with E-state index >= 15 is 0 Å². The Morgan fingerprint density at radius 1 is 1.15 bits per heavy atom. The van der Waals surface area contributed by atoms with Crippen molar-refractivity contribution in [2.45, 2.75) is 13.5 Å². The molecule has 0 saturated heterocycles. The van der Waals surface area contributed by atoms with Gasteiger partial charge in [0.25, 0.3) is 0 Å². The molecule has 3 rings (SSSR count). The summed E-state index contributed by atoms with van der Waals surface area (Å²) in [7, 11) is 0. The maximum absolute atomic E-state index is 13.8. The van der Waals surface area contributed by atoms with E-state index in [0.717, 1.165) is 0 Å². The molecule has 1 aromatic heterocycles. The van der Waals surface area contributed by atoms with E-state index in [1.54, 1.807) is 12.1 Å². The van der Waals surface area contributed by atoms with Crippen molar-refractivity contribution in [3.63, 3.8) is 0 Å². The van der Waals surface area contributed by atoms with Crippen LogP contribution in [0.1, 0.15) is 6.92 Å². The molecule has 2 N–H and O–H groups in total. The van der Waals surface area contributed by atoms with Crippen molar-refractivity contribution in [2.24, 2.45) is 0 Å². The van der Waals surface area contributed by atoms with E-state index in [0.29, 0.717) is 23.4 Å². The molecule has 0 radical (unpaired) electrons. The van der Waals surface area contributed by atoms with Crippen LogP contribution in [0.2, 0.25) is 0 Å². The molecule has 4 nitrogen and oxygen atoms in total. The summed E-state index contributed by atoms with van der Waals surface area (Å²) in [5, 5.41) is 19.2. The van der Waals surface area contributed by atoms with Crippen LogP contribution in [0.4, 0.5) is 4.39 Å². The van der Waals surface area contributed by atoms with Crippen molar-refractivity contribution in [2.75, 3.05) is 0 Å². The number of hydrogen-bond acceptors (Lipinski definition) is 3. The second kappa shape index (κ2) is 4.52. The maximum Gasteiger partial charge on any atom is 0.151 e. The number of nitrogens with zero attached hydrogens (tertiary/aromatic N) is 2. The third kappa shape index (κ3) is 1.87. The fraction of sp³-hybridized carbons (Fsp3) is 0.133. The monoisotopic (exact) mass is 272 g/mol. The lowest BCUT2D eigenvalue weighted by Crippen LogP contribution is -1.97. The minimum absolute atomic E-state index is 0.0600. The number of imidazole rings is 1. The third-order valence-electron chi connectivity index (χ3n) is 3.21. The largest absolute Gasteiger partial charge is 0.508 e. The number of phenolic OH excluding ortho intramolecular Hbond substituents is 2. The second-order valence-electron chi connectivity index (χ2n) is 4.53. The quantitative estimate of drug-likeness (QED) is 0.752. The number of rotatable bonds is 2. The molecule has 0 saturated carbocycles. The van der Waals surface area contributed by atoms with Gasteiger partial charge in [0, 0.05) is 18.2 Å². The smallest absolute Gasteiger partial charge is 0.151 e. The molecule has 0 aliphatic rings. The lowest BCUT2D eigenvalue weighted by atomic mass is 10.2. The Labute approximate surface area is 114 Å². The van der Waals surface area contributed by atoms with E-state index < -0.39 is 0 Å². The first kappa shape index (κ1) is 12.5. The summed E-state index contributed by atoms with van der Waals surface area (Å²) in [6.45, 7) is 2.53. The van der Waals surface area contributed by atoms with Crippen molar-refractivity contribution in [1.29, 1.82) is 0 Å². The lowest BCUT2D eigenvalue weighted by molar-refractivity contribution is 0.451. The van der Waals surface area contributed by atoms with Crippen molar-refractivity contribution in [1.82, 2.24) is 9.55 Å². The van der Waals surface area contributed by atoms with Gasteiger partial charge in [-0.15, -0.1) is 0 Å². The van der Waals surface area contributed by atoms with Gasteiger partial charge in [-0.05, 0) is 31.2 Å². The minimum Gasteiger partial charge on any atom is -0.508 e. The number of halogens is 1. The molecule has 3 aromatic rings. The summed E-state index contributed by atoms with van der Waals surface area (Å²) in [5.74, 6) is 0.00415. The van der Waals surface area contributed by atoms with E-state index in [4.69, 9.17) is 0 Å². The van der Waals surface area contributed by atoms with Gasteiger partial charge in [-0.1, -0.05) is 6.07 Å². The molecule has 5 heteroatoms. The first-order valence-electron chi connectivity index (χ1n) is 6.28. The van der Waals surface area contributed by atoms with Crippen LogP contribution < -0.4 is 0 Å². The lowest BCUT2D eigenvalue weighted by Gasteiger charge is -2.07. The zero-order chi connectivity index (χ0) is 14.3. The summed E-state index contributed by atoms with van der Waals surface area (Å²) in [4.78, 5) is 4.30. The van der Waals surface area contributed by atoms with Gasteiger partial charge >= 0.3 is 0 Å². The number of aromatic nitrogens is 2. The highest BCUT2D eigenvalue weighted by atomic mass is 19.1. The molecular formula is C15H13FN2O2. The van der Waals surface area contributed by atoms with E-state index in [1.165, 1.54) is 24.3 Å². The SMILES string of the molecule is CCn1c(-c2cc(O)cc(O)c2)nc2c(F)cccc21. The number of fused-ring (bicyclic) bond motifs is 1. The van der Waals surface area contributed by atoms with Gasteiger partial charge in [0.1, 0.15) is 22.8 Å². The summed E-state index contributed by atoms with van der Waals surface area (Å²) in [5.41, 5.74) is 1.51. The molecular weight excluding hydrogens is 259 g/mol. The summed E-state index contributed by atoms with van der Waals surface area (Å²) >= 11 is 0. The van der Waals surface area contributed by atoms with Crippen LogP contribution in [-0.4, -0.2) is 19.8 Å². The highest BCUT2D eigenvalue weighted by molar-refractivity contribution is 5.81. The average Bonchev–Trinajstić information content (AvgIpc) is 2.77. The van der Waals surface area contributed by atoms with Crippen LogP contribution in [0.5, 0.6) is 11.5 Å². The molecule has 0 unspecified atom stereocenters. The van der Waals surface area contributed by atoms with E-state index in [9.17, 15) is 14.6 Å². The molecule has 0 aliphatic carbocycles. The predicted octanol–water partition coefficient (Wildman–Crippen LogP) is 3.27. The van der Waals surface area contributed by atoms with Gasteiger partial charge in [-0.2, -0.15) is 0 Å². The molecule has 0 atom stereocenters. The molecule has 0 fully saturated rings. The van der Waals surface area contributed by atoms with Crippen LogP contribution >= 0.6 is 0 Å². The van der Waals surface area contributed by atoms with Crippen LogP contribution in [0, 0.1) is 5.82 Å². The van der Waals surface area contributed by atoms with E-state index in [-0.39, 0.29) is 22.8 Å². The maximum atomic E-state index is 13.8. The van der Waals surface area contributed by atoms with Gasteiger partial charge in [-0.3, -0.25) is 0 Å². The third-order valence-corrected chi connectivity index (χ3v) is 3.21. The summed E-state index contributed by atoms with van der Waals surface area (Å²) < 4.78 is 15.7. The Morgan fingerprint density at radius 2 is 1.85 bits per heavy atom. The Morgan fingerprint density at radius 3 is 2.50 bits per heavy atom. The zero-order valence-electron chi connectivity index (χ0n) is 10.8. The summed E-state index contributed by atoms with van der Waals surface area (Å²) in [6, 6.07) is 9.01. The molecule has 1 heterocycles. The standard InChI is InChI=1S/C15H13FN2O2/c1-2-18-13-5-3-4-12(16)14(13)17-15(18)9-6-10(19)8-11(20)7-9/h3-8,19-20H,2H2,1H3. The molecule has 0 spiro atoms. The molecule has 0 amide bonds. The first-order chi connectivity index (χ1) is 9.60. The van der Waals surface area contributed by atoms with Crippen LogP contribution in [0.15, 0.2) is 36.4 Å². The van der Waals surface area contributed by atoms with Gasteiger partial charge in [0.05, 0.1) is 5.52 Å². The normalized spacial score (nSPS) is 11.1. The Bertz CT molecular complexity index is 776. The topological polar surface area (TPSA) is 58.3 Å². The Hall–Kier alpha value is -2.56. The van der Waals surface area contributed by atoms with E-state index in [1.807, 2.05) is 11.5 Å². The zero-order valence-corrected chi connectivity index (χ0v) is 10.8. The number of hydrogen-bond donors (Lipinski definition) is 2. The minimum atomic E-state index is -0.389. The van der Waals surface area contributed by atoms with Crippen LogP contribution in [-0.2, 0) is 6.54 Å². The van der Waals surface area contributed by atoms with Crippen LogP contribution in [0.3, 0.4) is 0 Å². The van der Waals surface area contributed by atoms with Crippen molar-refractivity contribution in [3.05, 3.63) is 42.2 Å². The number of aromatic hydroxyl groups is 2. The predicted molar refractivity (Wildman–Crippen MR) is 74.1 cm³/mol. The number of para-hydroxylation sites is 1. The molecule has 2 aromatic carbocycles. The van der Waals surface area contributed by atoms with Crippen molar-refractivity contribution < 1.29 is 14.6 Å². The Kier molecular flexibility index (Phi) is 2.82. The van der Waals surface area contributed by atoms with Crippen molar-refractivity contribution >= 4 is 11.0 Å². The van der Waals surface area contributed by atoms with Gasteiger partial charge in [-0.25, -0.2) is 9.37 Å². The van der Waals surface area contributed by atoms with Crippen molar-refractivity contribution in [3.8, 4) is 22.9 Å². The highest BCUT2D eigenvalue weighted by Gasteiger charge is 2.15. The van der Waals surface area contributed by atoms with E-state index in [2.05, 4.69) is 4.98 Å². The van der Waals surface area contributed by atoms with Crippen LogP contribution in [0.25, 0.3) is 22.4 Å². The average molecular weight is 272 g/mol. The van der Waals surface area contributed by atoms with Gasteiger partial charge in [0.15, 0.2) is 5.82 Å². The molecule has 0 aliphatic heterocycles. The number of aryl methyl sites for hydroxylation is 1. The fourth-order valence-electron chi connectivity index (χ4n) is 2.38. The molecule has 20 heavy (non-hydrogen) atoms. The second-order valence-corrected chi connectivity index (χ2v) is 4.53.